The monoisotopic (exact) mass is 1010 g/mol. The van der Waals surface area contributed by atoms with Crippen LogP contribution in [0.15, 0.2) is 116 Å². The van der Waals surface area contributed by atoms with Crippen LogP contribution in [-0.4, -0.2) is 138 Å². The molecule has 0 aliphatic carbocycles. The van der Waals surface area contributed by atoms with E-state index < -0.39 is 6.09 Å². The number of fused-ring (bicyclic) bond motifs is 2. The van der Waals surface area contributed by atoms with Gasteiger partial charge in [0.25, 0.3) is 11.8 Å². The van der Waals surface area contributed by atoms with Crippen LogP contribution in [0.3, 0.4) is 0 Å². The first-order chi connectivity index (χ1) is 36.6. The van der Waals surface area contributed by atoms with Crippen molar-refractivity contribution in [1.82, 2.24) is 59.5 Å². The molecule has 5 aromatic heterocycles. The maximum atomic E-state index is 14.1. The lowest BCUT2D eigenvalue weighted by Crippen LogP contribution is -2.35. The van der Waals surface area contributed by atoms with Gasteiger partial charge in [0.15, 0.2) is 11.3 Å². The number of rotatable bonds is 17. The molecule has 1 saturated heterocycles. The number of hydrogen-bond donors (Lipinski definition) is 4. The highest BCUT2D eigenvalue weighted by Gasteiger charge is 2.25. The molecule has 10 rings (SSSR count). The van der Waals surface area contributed by atoms with Crippen molar-refractivity contribution in [3.8, 4) is 0 Å². The van der Waals surface area contributed by atoms with Gasteiger partial charge in [-0.05, 0) is 147 Å². The Balaban J connectivity index is 0.779. The number of benzene rings is 2. The van der Waals surface area contributed by atoms with Gasteiger partial charge in [0, 0.05) is 117 Å². The van der Waals surface area contributed by atoms with E-state index in [4.69, 9.17) is 24.5 Å². The lowest BCUT2D eigenvalue weighted by molar-refractivity contribution is 0.0783. The third-order valence-corrected chi connectivity index (χ3v) is 13.7. The van der Waals surface area contributed by atoms with Crippen LogP contribution >= 0.6 is 0 Å². The zero-order chi connectivity index (χ0) is 51.7. The fourth-order valence-corrected chi connectivity index (χ4v) is 9.69. The highest BCUT2D eigenvalue weighted by molar-refractivity contribution is 5.96. The SMILES string of the molecule is CCOC(=O)N1CC=C(c2cccn3nc(Nc4ccc(C(=O)N(C)Cc5ccncc5)c(CCOC(=O)N5CC=C(c6cccn7nc(Nc8ccc(C(=O)NCCC9CCCN9)cc8)nc67)CC5)c4)nc23)CC1. The van der Waals surface area contributed by atoms with Crippen LogP contribution in [0.5, 0.6) is 0 Å². The summed E-state index contributed by atoms with van der Waals surface area (Å²) in [5, 5.41) is 22.4. The number of hydrogen-bond acceptors (Lipinski definition) is 14. The maximum Gasteiger partial charge on any atom is 0.410 e. The van der Waals surface area contributed by atoms with Gasteiger partial charge in [-0.3, -0.25) is 14.6 Å². The molecule has 0 bridgehead atoms. The molecule has 3 aliphatic rings. The van der Waals surface area contributed by atoms with Gasteiger partial charge in [-0.1, -0.05) is 12.2 Å². The Bertz CT molecular complexity index is 3260. The van der Waals surface area contributed by atoms with Crippen molar-refractivity contribution in [3.63, 3.8) is 0 Å². The predicted molar refractivity (Wildman–Crippen MR) is 284 cm³/mol. The number of nitrogens with zero attached hydrogens (tertiary/aromatic N) is 10. The summed E-state index contributed by atoms with van der Waals surface area (Å²) in [5.74, 6) is 0.491. The van der Waals surface area contributed by atoms with Crippen LogP contribution in [0, 0.1) is 0 Å². The van der Waals surface area contributed by atoms with E-state index in [1.807, 2.05) is 85.2 Å². The minimum atomic E-state index is -0.453. The van der Waals surface area contributed by atoms with E-state index in [0.717, 1.165) is 52.9 Å². The quantitative estimate of drug-likeness (QED) is 0.0694. The maximum absolute atomic E-state index is 14.1. The minimum Gasteiger partial charge on any atom is -0.450 e. The van der Waals surface area contributed by atoms with Crippen molar-refractivity contribution in [2.75, 3.05) is 70.2 Å². The van der Waals surface area contributed by atoms with Crippen molar-refractivity contribution in [2.45, 2.75) is 58.0 Å². The molecular weight excluding hydrogens is 953 g/mol. The number of amides is 4. The molecule has 0 spiro atoms. The summed E-state index contributed by atoms with van der Waals surface area (Å²) in [5.41, 5.74) is 9.36. The average molecular weight is 1010 g/mol. The molecule has 4 N–H and O–H groups in total. The third-order valence-electron chi connectivity index (χ3n) is 13.7. The molecule has 20 heteroatoms. The van der Waals surface area contributed by atoms with Crippen LogP contribution in [0.1, 0.15) is 82.0 Å². The van der Waals surface area contributed by atoms with Gasteiger partial charge in [-0.15, -0.1) is 10.2 Å². The van der Waals surface area contributed by atoms with Crippen LogP contribution in [0.25, 0.3) is 22.4 Å². The molecule has 1 atom stereocenters. The fraction of sp³-hybridized carbons (Fsp3) is 0.327. The Morgan fingerprint density at radius 2 is 1.40 bits per heavy atom. The fourth-order valence-electron chi connectivity index (χ4n) is 9.69. The van der Waals surface area contributed by atoms with Crippen LogP contribution in [0.2, 0.25) is 0 Å². The first kappa shape index (κ1) is 49.9. The van der Waals surface area contributed by atoms with E-state index in [1.165, 1.54) is 6.42 Å². The molecule has 1 fully saturated rings. The van der Waals surface area contributed by atoms with Crippen LogP contribution in [-0.2, 0) is 22.4 Å². The van der Waals surface area contributed by atoms with Crippen LogP contribution in [0.4, 0.5) is 32.9 Å². The molecule has 3 aliphatic heterocycles. The molecule has 20 nitrogen and oxygen atoms in total. The highest BCUT2D eigenvalue weighted by Crippen LogP contribution is 2.30. The summed E-state index contributed by atoms with van der Waals surface area (Å²) < 4.78 is 14.5. The lowest BCUT2D eigenvalue weighted by atomic mass is 10.0. The predicted octanol–water partition coefficient (Wildman–Crippen LogP) is 7.51. The van der Waals surface area contributed by atoms with E-state index in [-0.39, 0.29) is 30.9 Å². The molecule has 75 heavy (non-hydrogen) atoms. The Hall–Kier alpha value is -8.65. The smallest absolute Gasteiger partial charge is 0.410 e. The largest absolute Gasteiger partial charge is 0.450 e. The second-order valence-corrected chi connectivity index (χ2v) is 18.7. The zero-order valence-corrected chi connectivity index (χ0v) is 42.1. The van der Waals surface area contributed by atoms with Gasteiger partial charge in [0.2, 0.25) is 11.9 Å². The van der Waals surface area contributed by atoms with Gasteiger partial charge in [0.1, 0.15) is 0 Å². The van der Waals surface area contributed by atoms with E-state index >= 15 is 0 Å². The average Bonchev–Trinajstić information content (AvgIpc) is 4.22. The summed E-state index contributed by atoms with van der Waals surface area (Å²) >= 11 is 0. The molecule has 8 heterocycles. The van der Waals surface area contributed by atoms with E-state index in [9.17, 15) is 19.2 Å². The lowest BCUT2D eigenvalue weighted by Gasteiger charge is -2.26. The number of anilines is 4. The standard InChI is InChI=1S/C55H60N14O6/c1-3-74-54(72)66-30-19-38(20-31-66)46-9-6-29-69-49(46)62-53(64-69)60-44-14-15-47(51(71)65(2)36-37-16-25-56-26-17-37)41(35-44)23-34-75-55(73)67-32-21-39(22-33-67)45-8-5-28-68-48(45)61-52(63-68)59-43-12-10-40(11-13-43)50(70)58-27-18-42-7-4-24-57-42/h5-6,8-17,19,21,25-26,28-29,35,42,57H,3-4,7,18,20,22-24,27,30-34,36H2,1-2H3,(H,58,70)(H,59,63)(H,60,64). The van der Waals surface area contributed by atoms with Crippen molar-refractivity contribution in [2.24, 2.45) is 0 Å². The number of carbonyl (C=O) groups is 4. The number of aromatic nitrogens is 7. The van der Waals surface area contributed by atoms with Gasteiger partial charge < -0.3 is 45.4 Å². The first-order valence-electron chi connectivity index (χ1n) is 25.5. The van der Waals surface area contributed by atoms with Crippen molar-refractivity contribution < 1.29 is 28.7 Å². The minimum absolute atomic E-state index is 0.0332. The number of carbonyl (C=O) groups excluding carboxylic acids is 4. The summed E-state index contributed by atoms with van der Waals surface area (Å²) in [4.78, 5) is 71.5. The molecule has 7 aromatic rings. The van der Waals surface area contributed by atoms with Gasteiger partial charge in [0.05, 0.1) is 13.2 Å². The summed E-state index contributed by atoms with van der Waals surface area (Å²) in [6.45, 7) is 5.95. The number of ether oxygens (including phenoxy) is 2. The van der Waals surface area contributed by atoms with E-state index in [0.29, 0.717) is 110 Å². The Morgan fingerprint density at radius 3 is 2.00 bits per heavy atom. The number of nitrogens with one attached hydrogen (secondary N) is 4. The van der Waals surface area contributed by atoms with Crippen LogP contribution < -0.4 is 21.3 Å². The Morgan fingerprint density at radius 1 is 0.773 bits per heavy atom. The van der Waals surface area contributed by atoms with Gasteiger partial charge in [-0.2, -0.15) is 9.97 Å². The van der Waals surface area contributed by atoms with Crippen molar-refractivity contribution >= 4 is 69.7 Å². The summed E-state index contributed by atoms with van der Waals surface area (Å²) in [6.07, 6.45) is 15.1. The second kappa shape index (κ2) is 23.1. The summed E-state index contributed by atoms with van der Waals surface area (Å²) in [7, 11) is 1.75. The molecule has 0 radical (unpaired) electrons. The molecule has 386 valence electrons. The summed E-state index contributed by atoms with van der Waals surface area (Å²) in [6, 6.07) is 24.8. The topological polar surface area (TPSA) is 218 Å². The number of pyridine rings is 3. The molecular formula is C55H60N14O6. The van der Waals surface area contributed by atoms with Gasteiger partial charge in [-0.25, -0.2) is 18.6 Å². The normalized spacial score (nSPS) is 15.6. The highest BCUT2D eigenvalue weighted by atomic mass is 16.6. The molecule has 2 aromatic carbocycles. The van der Waals surface area contributed by atoms with Gasteiger partial charge >= 0.3 is 12.2 Å². The zero-order valence-electron chi connectivity index (χ0n) is 42.1. The molecule has 1 unspecified atom stereocenters. The van der Waals surface area contributed by atoms with Crippen molar-refractivity contribution in [1.29, 1.82) is 0 Å². The second-order valence-electron chi connectivity index (χ2n) is 18.7. The third kappa shape index (κ3) is 11.9. The Kier molecular flexibility index (Phi) is 15.3. The molecule has 0 saturated carbocycles. The molecule has 4 amide bonds. The van der Waals surface area contributed by atoms with E-state index in [2.05, 4.69) is 31.3 Å². The first-order valence-corrected chi connectivity index (χ1v) is 25.5. The van der Waals surface area contributed by atoms with Crippen molar-refractivity contribution in [3.05, 3.63) is 149 Å². The Labute approximate surface area is 433 Å². The van der Waals surface area contributed by atoms with E-state index in [1.54, 1.807) is 68.3 Å².